The van der Waals surface area contributed by atoms with Crippen LogP contribution >= 0.6 is 11.3 Å². The summed E-state index contributed by atoms with van der Waals surface area (Å²) in [5.41, 5.74) is 13.4. The molecule has 321 valence electrons. The number of hydrogen-bond donors (Lipinski definition) is 0. The number of para-hydroxylation sites is 2. The van der Waals surface area contributed by atoms with Crippen LogP contribution in [0.15, 0.2) is 164 Å². The number of imidazole rings is 1. The fraction of sp³-hybridized carbons (Fsp3) is 0.186. The van der Waals surface area contributed by atoms with Crippen molar-refractivity contribution in [2.75, 3.05) is 0 Å². The van der Waals surface area contributed by atoms with E-state index in [9.17, 15) is 0 Å². The second-order valence-electron chi connectivity index (χ2n) is 16.9. The summed E-state index contributed by atoms with van der Waals surface area (Å²) >= 11 is 1.84. The summed E-state index contributed by atoms with van der Waals surface area (Å²) in [6.45, 7) is 10.3. The van der Waals surface area contributed by atoms with Crippen LogP contribution in [0.4, 0.5) is 0 Å². The predicted octanol–water partition coefficient (Wildman–Crippen LogP) is 16.5. The quantitative estimate of drug-likeness (QED) is 0.135. The SMILES string of the molecule is CC(C)c1cc(-c2ccccc2)cc(C(C)C)c1-n1c(-c2[c-]ccc3c2sc2cc(-c4ccccc4)ccc23)nc2ccccc21.[2H]C([2H])([2H])c1cnc(-c2[c-]cccc2)cc1C([2H])([2H])C(C)C.[Ir]. The Labute approximate surface area is 403 Å². The zero-order valence-electron chi connectivity index (χ0n) is 41.9. The molecular formula is C59H53IrN3S-2. The number of nitrogens with zero attached hydrogens (tertiary/aromatic N) is 3. The van der Waals surface area contributed by atoms with E-state index < -0.39 is 13.2 Å². The Bertz CT molecular complexity index is 3370. The normalized spacial score (nSPS) is 13.0. The van der Waals surface area contributed by atoms with E-state index in [4.69, 9.17) is 11.8 Å². The van der Waals surface area contributed by atoms with Crippen molar-refractivity contribution in [3.05, 3.63) is 198 Å². The van der Waals surface area contributed by atoms with Crippen LogP contribution in [0.5, 0.6) is 0 Å². The van der Waals surface area contributed by atoms with Gasteiger partial charge in [0.15, 0.2) is 0 Å². The molecule has 0 saturated carbocycles. The van der Waals surface area contributed by atoms with Crippen LogP contribution in [0.1, 0.15) is 82.5 Å². The third-order valence-corrected chi connectivity index (χ3v) is 12.6. The molecule has 0 aliphatic carbocycles. The Morgan fingerprint density at radius 2 is 1.33 bits per heavy atom. The van der Waals surface area contributed by atoms with E-state index in [1.165, 1.54) is 71.5 Å². The summed E-state index contributed by atoms with van der Waals surface area (Å²) in [5.74, 6) is 1.21. The topological polar surface area (TPSA) is 30.7 Å². The minimum absolute atomic E-state index is 0. The van der Waals surface area contributed by atoms with Crippen LogP contribution in [0.2, 0.25) is 0 Å². The van der Waals surface area contributed by atoms with Crippen molar-refractivity contribution in [2.45, 2.75) is 66.6 Å². The summed E-state index contributed by atoms with van der Waals surface area (Å²) < 4.78 is 44.4. The Morgan fingerprint density at radius 3 is 1.98 bits per heavy atom. The number of rotatable bonds is 9. The molecule has 3 heterocycles. The van der Waals surface area contributed by atoms with E-state index in [0.29, 0.717) is 23.1 Å². The van der Waals surface area contributed by atoms with Crippen LogP contribution in [0.3, 0.4) is 0 Å². The molecule has 0 spiro atoms. The first-order chi connectivity index (χ1) is 32.6. The largest absolute Gasteiger partial charge is 0.333 e. The van der Waals surface area contributed by atoms with Crippen LogP contribution in [0, 0.1) is 24.9 Å². The minimum Gasteiger partial charge on any atom is -0.333 e. The summed E-state index contributed by atoms with van der Waals surface area (Å²) in [7, 11) is 0. The zero-order chi connectivity index (χ0) is 47.9. The molecule has 5 heteroatoms. The van der Waals surface area contributed by atoms with Gasteiger partial charge in [0.25, 0.3) is 0 Å². The molecule has 3 aromatic heterocycles. The maximum atomic E-state index is 8.28. The van der Waals surface area contributed by atoms with Gasteiger partial charge in [-0.3, -0.25) is 4.98 Å². The molecule has 0 bridgehead atoms. The number of aryl methyl sites for hydroxylation is 1. The molecule has 0 amide bonds. The Hall–Kier alpha value is -5.97. The molecule has 0 fully saturated rings. The standard InChI is InChI=1S/C43H35N2S.C16H18N.Ir/c1-27(2)36-24-32(30-16-9-6-10-17-30)25-37(28(3)4)41(36)45-39-21-12-11-20-38(39)44-43(45)35-19-13-18-34-33-23-22-31(26-40(33)46-42(34)35)29-14-7-5-8-15-29;1-12(2)9-15-10-16(17-11-13(15)3)14-7-5-4-6-8-14;/h5-18,20-28H,1-4H3;4-7,10-12H,9H2,1-3H3;/q2*-1;/i;3D3,9D2;. The maximum Gasteiger partial charge on any atom is 0.0774 e. The van der Waals surface area contributed by atoms with Gasteiger partial charge in [0.05, 0.1) is 16.9 Å². The number of pyridine rings is 1. The first-order valence-corrected chi connectivity index (χ1v) is 22.6. The van der Waals surface area contributed by atoms with Crippen molar-refractivity contribution in [1.29, 1.82) is 0 Å². The van der Waals surface area contributed by atoms with E-state index >= 15 is 0 Å². The molecule has 0 atom stereocenters. The molecule has 7 aromatic carbocycles. The zero-order valence-corrected chi connectivity index (χ0v) is 40.1. The molecule has 0 aliphatic rings. The Balaban J connectivity index is 0.000000236. The summed E-state index contributed by atoms with van der Waals surface area (Å²) in [5, 5.41) is 2.52. The van der Waals surface area contributed by atoms with Gasteiger partial charge in [0.1, 0.15) is 0 Å². The minimum atomic E-state index is -2.40. The van der Waals surface area contributed by atoms with E-state index in [0.717, 1.165) is 22.4 Å². The second kappa shape index (κ2) is 19.4. The monoisotopic (exact) mass is 1030 g/mol. The van der Waals surface area contributed by atoms with Crippen LogP contribution < -0.4 is 0 Å². The van der Waals surface area contributed by atoms with Gasteiger partial charge >= 0.3 is 0 Å². The fourth-order valence-corrected chi connectivity index (χ4v) is 9.57. The van der Waals surface area contributed by atoms with Crippen molar-refractivity contribution in [2.24, 2.45) is 5.92 Å². The molecule has 0 unspecified atom stereocenters. The van der Waals surface area contributed by atoms with Gasteiger partial charge in [0, 0.05) is 43.5 Å². The molecular weight excluding hydrogens is 975 g/mol. The summed E-state index contributed by atoms with van der Waals surface area (Å²) in [6, 6.07) is 61.3. The van der Waals surface area contributed by atoms with Crippen molar-refractivity contribution in [3.63, 3.8) is 0 Å². The number of aromatic nitrogens is 3. The molecule has 10 aromatic rings. The van der Waals surface area contributed by atoms with Gasteiger partial charge in [-0.05, 0) is 116 Å². The third-order valence-electron chi connectivity index (χ3n) is 11.4. The van der Waals surface area contributed by atoms with E-state index in [1.54, 1.807) is 19.9 Å². The first kappa shape index (κ1) is 38.5. The smallest absolute Gasteiger partial charge is 0.0774 e. The van der Waals surface area contributed by atoms with Crippen molar-refractivity contribution in [1.82, 2.24) is 14.5 Å². The average Bonchev–Trinajstić information content (AvgIpc) is 3.92. The Morgan fingerprint density at radius 1 is 0.656 bits per heavy atom. The molecule has 10 rings (SSSR count). The van der Waals surface area contributed by atoms with Crippen LogP contribution in [0.25, 0.3) is 81.8 Å². The Kier molecular flexibility index (Phi) is 11.7. The van der Waals surface area contributed by atoms with E-state index in [-0.39, 0.29) is 37.2 Å². The third kappa shape index (κ3) is 9.04. The van der Waals surface area contributed by atoms with Crippen molar-refractivity contribution >= 4 is 42.5 Å². The molecule has 0 aliphatic heterocycles. The fourth-order valence-electron chi connectivity index (χ4n) is 8.34. The average molecular weight is 1030 g/mol. The molecule has 0 saturated heterocycles. The number of fused-ring (bicyclic) bond motifs is 4. The molecule has 1 radical (unpaired) electrons. The van der Waals surface area contributed by atoms with Crippen molar-refractivity contribution in [3.8, 4) is 50.6 Å². The van der Waals surface area contributed by atoms with Gasteiger partial charge < -0.3 is 9.55 Å². The van der Waals surface area contributed by atoms with Gasteiger partial charge in [-0.1, -0.05) is 149 Å². The van der Waals surface area contributed by atoms with Gasteiger partial charge in [-0.2, -0.15) is 11.3 Å². The van der Waals surface area contributed by atoms with E-state index in [1.807, 2.05) is 29.5 Å². The number of thiophene rings is 1. The van der Waals surface area contributed by atoms with E-state index in [2.05, 4.69) is 177 Å². The molecule has 3 nitrogen and oxygen atoms in total. The predicted molar refractivity (Wildman–Crippen MR) is 269 cm³/mol. The van der Waals surface area contributed by atoms with Gasteiger partial charge in [-0.25, -0.2) is 0 Å². The molecule has 64 heavy (non-hydrogen) atoms. The summed E-state index contributed by atoms with van der Waals surface area (Å²) in [6.07, 6.45) is -0.491. The van der Waals surface area contributed by atoms with Crippen LogP contribution in [-0.2, 0) is 26.5 Å². The second-order valence-corrected chi connectivity index (χ2v) is 18.0. The number of hydrogen-bond acceptors (Lipinski definition) is 3. The molecule has 0 N–H and O–H groups in total. The summed E-state index contributed by atoms with van der Waals surface area (Å²) in [4.78, 5) is 9.56. The van der Waals surface area contributed by atoms with Gasteiger partial charge in [-0.15, -0.1) is 54.1 Å². The first-order valence-electron chi connectivity index (χ1n) is 24.2. The maximum absolute atomic E-state index is 8.28. The van der Waals surface area contributed by atoms with Crippen LogP contribution in [-0.4, -0.2) is 14.5 Å². The number of benzene rings is 7. The van der Waals surface area contributed by atoms with Gasteiger partial charge in [0.2, 0.25) is 0 Å². The van der Waals surface area contributed by atoms with Crippen molar-refractivity contribution < 1.29 is 27.0 Å².